The van der Waals surface area contributed by atoms with Crippen molar-refractivity contribution >= 4 is 29.2 Å². The molecule has 1 saturated heterocycles. The Kier molecular flexibility index (Phi) is 3.07. The molecule has 0 unspecified atom stereocenters. The Morgan fingerprint density at radius 1 is 1.22 bits per heavy atom. The van der Waals surface area contributed by atoms with Crippen molar-refractivity contribution in [2.24, 2.45) is 0 Å². The Morgan fingerprint density at radius 2 is 1.83 bits per heavy atom. The average Bonchev–Trinajstić information content (AvgIpc) is 2.48. The van der Waals surface area contributed by atoms with Crippen LogP contribution in [0.2, 0.25) is 5.02 Å². The molecule has 0 aliphatic carbocycles. The van der Waals surface area contributed by atoms with Crippen LogP contribution in [0.5, 0.6) is 0 Å². The number of nitrogens with zero attached hydrogens (tertiary/aromatic N) is 2. The average molecular weight is 267 g/mol. The quantitative estimate of drug-likeness (QED) is 0.773. The van der Waals surface area contributed by atoms with Crippen LogP contribution in [-0.4, -0.2) is 28.9 Å². The van der Waals surface area contributed by atoms with Gasteiger partial charge in [-0.3, -0.25) is 4.79 Å². The van der Waals surface area contributed by atoms with Crippen molar-refractivity contribution in [2.45, 2.75) is 26.3 Å². The van der Waals surface area contributed by atoms with E-state index in [4.69, 9.17) is 11.6 Å². The summed E-state index contributed by atoms with van der Waals surface area (Å²) in [6.45, 7) is 5.82. The van der Waals surface area contributed by atoms with Gasteiger partial charge in [-0.25, -0.2) is 9.69 Å². The highest BCUT2D eigenvalue weighted by Crippen LogP contribution is 2.35. The molecule has 18 heavy (non-hydrogen) atoms. The standard InChI is InChI=1S/C13H15ClN2O2/c1-4-15-12(18)16(11(17)13(15,2)3)10-8-6-5-7-9(10)14/h5-8H,4H2,1-3H3. The summed E-state index contributed by atoms with van der Waals surface area (Å²) in [6, 6.07) is 6.54. The predicted molar refractivity (Wildman–Crippen MR) is 70.8 cm³/mol. The summed E-state index contributed by atoms with van der Waals surface area (Å²) < 4.78 is 0. The summed E-state index contributed by atoms with van der Waals surface area (Å²) in [7, 11) is 0. The van der Waals surface area contributed by atoms with Crippen LogP contribution in [0.15, 0.2) is 24.3 Å². The van der Waals surface area contributed by atoms with Crippen LogP contribution < -0.4 is 4.90 Å². The SMILES string of the molecule is CCN1C(=O)N(c2ccccc2Cl)C(=O)C1(C)C. The summed E-state index contributed by atoms with van der Waals surface area (Å²) in [4.78, 5) is 27.4. The fourth-order valence-corrected chi connectivity index (χ4v) is 2.43. The lowest BCUT2D eigenvalue weighted by Gasteiger charge is -2.25. The van der Waals surface area contributed by atoms with Gasteiger partial charge in [0.15, 0.2) is 0 Å². The van der Waals surface area contributed by atoms with E-state index in [1.54, 1.807) is 43.0 Å². The van der Waals surface area contributed by atoms with Crippen molar-refractivity contribution < 1.29 is 9.59 Å². The molecule has 5 heteroatoms. The second-order valence-corrected chi connectivity index (χ2v) is 5.09. The lowest BCUT2D eigenvalue weighted by atomic mass is 10.0. The molecule has 2 rings (SSSR count). The Hall–Kier alpha value is -1.55. The number of imide groups is 1. The van der Waals surface area contributed by atoms with Gasteiger partial charge in [0.05, 0.1) is 10.7 Å². The molecule has 1 heterocycles. The van der Waals surface area contributed by atoms with Crippen LogP contribution in [0.4, 0.5) is 10.5 Å². The highest BCUT2D eigenvalue weighted by atomic mass is 35.5. The lowest BCUT2D eigenvalue weighted by molar-refractivity contribution is -0.123. The van der Waals surface area contributed by atoms with Crippen LogP contribution in [0.1, 0.15) is 20.8 Å². The minimum Gasteiger partial charge on any atom is -0.310 e. The molecule has 96 valence electrons. The van der Waals surface area contributed by atoms with Gasteiger partial charge in [-0.2, -0.15) is 0 Å². The minimum absolute atomic E-state index is 0.248. The number of hydrogen-bond donors (Lipinski definition) is 0. The smallest absolute Gasteiger partial charge is 0.310 e. The van der Waals surface area contributed by atoms with E-state index >= 15 is 0 Å². The Morgan fingerprint density at radius 3 is 2.33 bits per heavy atom. The van der Waals surface area contributed by atoms with Crippen molar-refractivity contribution in [1.29, 1.82) is 0 Å². The van der Waals surface area contributed by atoms with Crippen molar-refractivity contribution in [1.82, 2.24) is 4.90 Å². The van der Waals surface area contributed by atoms with Gasteiger partial charge in [0.1, 0.15) is 5.54 Å². The number of para-hydroxylation sites is 1. The van der Waals surface area contributed by atoms with Gasteiger partial charge in [-0.15, -0.1) is 0 Å². The van der Waals surface area contributed by atoms with Gasteiger partial charge >= 0.3 is 6.03 Å². The minimum atomic E-state index is -0.828. The number of hydrogen-bond acceptors (Lipinski definition) is 2. The van der Waals surface area contributed by atoms with Crippen molar-refractivity contribution in [3.8, 4) is 0 Å². The van der Waals surface area contributed by atoms with E-state index in [0.717, 1.165) is 4.90 Å². The van der Waals surface area contributed by atoms with E-state index in [9.17, 15) is 9.59 Å². The molecule has 4 nitrogen and oxygen atoms in total. The van der Waals surface area contributed by atoms with Crippen molar-refractivity contribution in [3.63, 3.8) is 0 Å². The van der Waals surface area contributed by atoms with E-state index in [-0.39, 0.29) is 11.9 Å². The van der Waals surface area contributed by atoms with Gasteiger partial charge in [0.2, 0.25) is 0 Å². The Labute approximate surface area is 111 Å². The summed E-state index contributed by atoms with van der Waals surface area (Å²) in [5, 5.41) is 0.396. The van der Waals surface area contributed by atoms with E-state index in [2.05, 4.69) is 0 Å². The van der Waals surface area contributed by atoms with Gasteiger partial charge in [-0.05, 0) is 32.9 Å². The molecule has 0 atom stereocenters. The molecule has 0 N–H and O–H groups in total. The van der Waals surface area contributed by atoms with Gasteiger partial charge in [0, 0.05) is 6.54 Å². The highest BCUT2D eigenvalue weighted by Gasteiger charge is 2.51. The molecule has 0 radical (unpaired) electrons. The molecule has 0 bridgehead atoms. The van der Waals surface area contributed by atoms with E-state index < -0.39 is 5.54 Å². The maximum atomic E-state index is 12.4. The van der Waals surface area contributed by atoms with Crippen molar-refractivity contribution in [3.05, 3.63) is 29.3 Å². The van der Waals surface area contributed by atoms with Crippen LogP contribution in [0.3, 0.4) is 0 Å². The summed E-state index contributed by atoms with van der Waals surface area (Å²) in [5.74, 6) is -0.248. The number of urea groups is 1. The van der Waals surface area contributed by atoms with Crippen LogP contribution in [-0.2, 0) is 4.79 Å². The Bertz CT molecular complexity index is 513. The summed E-state index contributed by atoms with van der Waals surface area (Å²) >= 11 is 6.05. The fourth-order valence-electron chi connectivity index (χ4n) is 2.21. The number of anilines is 1. The summed E-state index contributed by atoms with van der Waals surface area (Å²) in [5.41, 5.74) is -0.386. The third-order valence-corrected chi connectivity index (χ3v) is 3.55. The molecule has 1 fully saturated rings. The monoisotopic (exact) mass is 266 g/mol. The van der Waals surface area contributed by atoms with Gasteiger partial charge in [0.25, 0.3) is 5.91 Å². The van der Waals surface area contributed by atoms with Crippen LogP contribution in [0, 0.1) is 0 Å². The number of likely N-dealkylation sites (N-methyl/N-ethyl adjacent to an activating group) is 1. The molecule has 1 aliphatic rings. The molecule has 1 aromatic rings. The molecular formula is C13H15ClN2O2. The molecule has 0 aromatic heterocycles. The fraction of sp³-hybridized carbons (Fsp3) is 0.385. The Balaban J connectivity index is 2.51. The first-order valence-corrected chi connectivity index (χ1v) is 6.19. The predicted octanol–water partition coefficient (Wildman–Crippen LogP) is 2.91. The molecule has 0 saturated carbocycles. The molecular weight excluding hydrogens is 252 g/mol. The zero-order valence-corrected chi connectivity index (χ0v) is 11.4. The summed E-state index contributed by atoms with van der Waals surface area (Å²) in [6.07, 6.45) is 0. The third-order valence-electron chi connectivity index (χ3n) is 3.23. The molecule has 0 spiro atoms. The first-order chi connectivity index (χ1) is 8.41. The number of rotatable bonds is 2. The largest absolute Gasteiger partial charge is 0.332 e. The zero-order valence-electron chi connectivity index (χ0n) is 10.6. The third kappa shape index (κ3) is 1.68. The zero-order chi connectivity index (χ0) is 13.5. The normalized spacial score (nSPS) is 18.7. The molecule has 3 amide bonds. The number of amides is 3. The molecule has 1 aromatic carbocycles. The lowest BCUT2D eigenvalue weighted by Crippen LogP contribution is -2.43. The second kappa shape index (κ2) is 4.28. The molecule has 1 aliphatic heterocycles. The maximum Gasteiger partial charge on any atom is 0.332 e. The first kappa shape index (κ1) is 12.9. The topological polar surface area (TPSA) is 40.6 Å². The van der Waals surface area contributed by atoms with E-state index in [1.165, 1.54) is 0 Å². The number of benzene rings is 1. The number of carbonyl (C=O) groups is 2. The van der Waals surface area contributed by atoms with Gasteiger partial charge < -0.3 is 4.90 Å². The second-order valence-electron chi connectivity index (χ2n) is 4.68. The maximum absolute atomic E-state index is 12.4. The van der Waals surface area contributed by atoms with E-state index in [1.807, 2.05) is 6.92 Å². The number of carbonyl (C=O) groups excluding carboxylic acids is 2. The van der Waals surface area contributed by atoms with Crippen LogP contribution >= 0.6 is 11.6 Å². The van der Waals surface area contributed by atoms with Crippen LogP contribution in [0.25, 0.3) is 0 Å². The van der Waals surface area contributed by atoms with E-state index in [0.29, 0.717) is 17.3 Å². The highest BCUT2D eigenvalue weighted by molar-refractivity contribution is 6.36. The number of halogens is 1. The first-order valence-electron chi connectivity index (χ1n) is 5.82. The van der Waals surface area contributed by atoms with Crippen molar-refractivity contribution in [2.75, 3.05) is 11.4 Å². The van der Waals surface area contributed by atoms with Gasteiger partial charge in [-0.1, -0.05) is 23.7 Å².